The molecule has 2 amide bonds. The fraction of sp³-hybridized carbons (Fsp3) is 0. The van der Waals surface area contributed by atoms with E-state index in [2.05, 4.69) is 22.7 Å². The van der Waals surface area contributed by atoms with Crippen molar-refractivity contribution in [3.8, 4) is 0 Å². The van der Waals surface area contributed by atoms with Crippen LogP contribution in [-0.4, -0.2) is 14.4 Å². The van der Waals surface area contributed by atoms with Crippen molar-refractivity contribution in [1.82, 2.24) is 0 Å². The fourth-order valence-electron chi connectivity index (χ4n) is 0. The molecular formula is CH4N2O3S2. The SMILES string of the molecule is NC(N)=O.O=S(=O)=S. The minimum absolute atomic E-state index is 0.833. The lowest BCUT2D eigenvalue weighted by molar-refractivity contribution is 0.256. The van der Waals surface area contributed by atoms with Gasteiger partial charge in [-0.3, -0.25) is 0 Å². The number of hydrogen-bond acceptors (Lipinski definition) is 4. The molecule has 0 atom stereocenters. The van der Waals surface area contributed by atoms with Gasteiger partial charge in [-0.2, -0.15) is 8.42 Å². The molecule has 48 valence electrons. The minimum atomic E-state index is -2.28. The Morgan fingerprint density at radius 3 is 1.38 bits per heavy atom. The number of nitrogens with two attached hydrogens (primary N) is 2. The lowest BCUT2D eigenvalue weighted by Gasteiger charge is -1.62. The van der Waals surface area contributed by atoms with Crippen molar-refractivity contribution >= 4 is 26.5 Å². The molecule has 0 aliphatic rings. The summed E-state index contributed by atoms with van der Waals surface area (Å²) in [5.41, 5.74) is 8.50. The number of carbonyl (C=O) groups excluding carboxylic acids is 1. The van der Waals surface area contributed by atoms with Crippen LogP contribution in [0.2, 0.25) is 0 Å². The molecule has 8 heavy (non-hydrogen) atoms. The molecule has 0 spiro atoms. The minimum Gasteiger partial charge on any atom is -0.352 e. The summed E-state index contributed by atoms with van der Waals surface area (Å²) in [6, 6.07) is -0.833. The highest BCUT2D eigenvalue weighted by Crippen LogP contribution is 1.25. The van der Waals surface area contributed by atoms with Crippen LogP contribution in [0.4, 0.5) is 4.79 Å². The maximum Gasteiger partial charge on any atom is 0.309 e. The molecule has 0 rings (SSSR count). The summed E-state index contributed by atoms with van der Waals surface area (Å²) in [5.74, 6) is 0. The van der Waals surface area contributed by atoms with Gasteiger partial charge in [-0.25, -0.2) is 4.79 Å². The van der Waals surface area contributed by atoms with E-state index in [0.29, 0.717) is 0 Å². The van der Waals surface area contributed by atoms with Crippen LogP contribution in [0.15, 0.2) is 0 Å². The van der Waals surface area contributed by atoms with Gasteiger partial charge < -0.3 is 11.5 Å². The number of rotatable bonds is 0. The Bertz CT molecular complexity index is 144. The molecule has 7 heteroatoms. The van der Waals surface area contributed by atoms with Crippen LogP contribution in [0.25, 0.3) is 0 Å². The summed E-state index contributed by atoms with van der Waals surface area (Å²) in [7, 11) is -2.28. The Balaban J connectivity index is 0. The van der Waals surface area contributed by atoms with Crippen molar-refractivity contribution in [2.75, 3.05) is 0 Å². The van der Waals surface area contributed by atoms with Crippen molar-refractivity contribution in [1.29, 1.82) is 0 Å². The molecule has 0 aromatic heterocycles. The summed E-state index contributed by atoms with van der Waals surface area (Å²) in [6.45, 7) is 0. The molecule has 0 aliphatic carbocycles. The number of urea groups is 1. The lowest BCUT2D eigenvalue weighted by atomic mass is 11.2. The maximum atomic E-state index is 9.00. The number of hydrogen-bond donors (Lipinski definition) is 2. The second-order valence-corrected chi connectivity index (χ2v) is 1.83. The molecule has 0 aromatic carbocycles. The van der Waals surface area contributed by atoms with Gasteiger partial charge >= 0.3 is 6.03 Å². The molecule has 0 heterocycles. The van der Waals surface area contributed by atoms with Crippen molar-refractivity contribution < 1.29 is 13.2 Å². The van der Waals surface area contributed by atoms with E-state index >= 15 is 0 Å². The Morgan fingerprint density at radius 1 is 1.38 bits per heavy atom. The van der Waals surface area contributed by atoms with Gasteiger partial charge in [0.1, 0.15) is 0 Å². The van der Waals surface area contributed by atoms with Crippen molar-refractivity contribution in [3.05, 3.63) is 0 Å². The largest absolute Gasteiger partial charge is 0.352 e. The molecule has 0 saturated heterocycles. The third-order valence-electron chi connectivity index (χ3n) is 0. The zero-order chi connectivity index (χ0) is 7.15. The molecule has 0 bridgehead atoms. The number of primary amides is 2. The van der Waals surface area contributed by atoms with Crippen molar-refractivity contribution in [3.63, 3.8) is 0 Å². The first kappa shape index (κ1) is 10.3. The van der Waals surface area contributed by atoms with Crippen molar-refractivity contribution in [2.24, 2.45) is 11.5 Å². The Morgan fingerprint density at radius 2 is 1.38 bits per heavy atom. The molecule has 0 radical (unpaired) electrons. The third-order valence-corrected chi connectivity index (χ3v) is 0. The van der Waals surface area contributed by atoms with Crippen LogP contribution in [0.5, 0.6) is 0 Å². The summed E-state index contributed by atoms with van der Waals surface area (Å²) < 4.78 is 17.6. The zero-order valence-electron chi connectivity index (χ0n) is 3.70. The molecular weight excluding hydrogens is 152 g/mol. The van der Waals surface area contributed by atoms with E-state index in [1.54, 1.807) is 0 Å². The van der Waals surface area contributed by atoms with Gasteiger partial charge in [-0.05, 0) is 0 Å². The quantitative estimate of drug-likeness (QED) is 0.438. The zero-order valence-corrected chi connectivity index (χ0v) is 5.33. The summed E-state index contributed by atoms with van der Waals surface area (Å²) in [5, 5.41) is 0. The predicted molar refractivity (Wildman–Crippen MR) is 30.1 cm³/mol. The van der Waals surface area contributed by atoms with Crippen LogP contribution in [-0.2, 0) is 20.5 Å². The van der Waals surface area contributed by atoms with Gasteiger partial charge in [0.15, 0.2) is 0 Å². The highest BCUT2D eigenvalue weighted by molar-refractivity contribution is 8.14. The molecule has 5 nitrogen and oxygen atoms in total. The number of amides is 2. The summed E-state index contributed by atoms with van der Waals surface area (Å²) in [4.78, 5) is 9.00. The normalized spacial score (nSPS) is 6.00. The van der Waals surface area contributed by atoms with Crippen LogP contribution in [0.1, 0.15) is 0 Å². The molecule has 0 unspecified atom stereocenters. The third kappa shape index (κ3) is 207. The number of carbonyl (C=O) groups is 1. The van der Waals surface area contributed by atoms with Crippen LogP contribution in [0.3, 0.4) is 0 Å². The van der Waals surface area contributed by atoms with E-state index in [-0.39, 0.29) is 0 Å². The van der Waals surface area contributed by atoms with Crippen LogP contribution < -0.4 is 11.5 Å². The van der Waals surface area contributed by atoms with Gasteiger partial charge in [0.2, 0.25) is 0 Å². The first-order valence-corrected chi connectivity index (χ1v) is 3.28. The van der Waals surface area contributed by atoms with Gasteiger partial charge in [-0.15, -0.1) is 0 Å². The lowest BCUT2D eigenvalue weighted by Crippen LogP contribution is -2.18. The van der Waals surface area contributed by atoms with E-state index in [4.69, 9.17) is 13.2 Å². The fourth-order valence-corrected chi connectivity index (χ4v) is 0. The van der Waals surface area contributed by atoms with E-state index < -0.39 is 15.3 Å². The molecule has 0 saturated carbocycles. The Labute approximate surface area is 51.9 Å². The highest BCUT2D eigenvalue weighted by atomic mass is 32.8. The second-order valence-electron chi connectivity index (χ2n) is 0.606. The van der Waals surface area contributed by atoms with E-state index in [1.165, 1.54) is 0 Å². The first-order valence-electron chi connectivity index (χ1n) is 1.28. The summed E-state index contributed by atoms with van der Waals surface area (Å²) >= 11 is 3.54. The van der Waals surface area contributed by atoms with E-state index in [1.807, 2.05) is 0 Å². The summed E-state index contributed by atoms with van der Waals surface area (Å²) in [6.07, 6.45) is 0. The Hall–Kier alpha value is -0.690. The molecule has 0 aliphatic heterocycles. The highest BCUT2D eigenvalue weighted by Gasteiger charge is 1.60. The van der Waals surface area contributed by atoms with Crippen LogP contribution in [0, 0.1) is 0 Å². The van der Waals surface area contributed by atoms with E-state index in [9.17, 15) is 0 Å². The topological polar surface area (TPSA) is 103 Å². The van der Waals surface area contributed by atoms with Gasteiger partial charge in [0, 0.05) is 0 Å². The van der Waals surface area contributed by atoms with Crippen molar-refractivity contribution in [2.45, 2.75) is 0 Å². The molecule has 4 N–H and O–H groups in total. The molecule has 0 aromatic rings. The van der Waals surface area contributed by atoms with Gasteiger partial charge in [0.25, 0.3) is 9.26 Å². The van der Waals surface area contributed by atoms with Gasteiger partial charge in [-0.1, -0.05) is 0 Å². The Kier molecular flexibility index (Phi) is 8.14. The average Bonchev–Trinajstić information content (AvgIpc) is 1.25. The second kappa shape index (κ2) is 6.31. The predicted octanol–water partition coefficient (Wildman–Crippen LogP) is -1.65. The maximum absolute atomic E-state index is 9.00. The molecule has 0 fully saturated rings. The first-order chi connectivity index (χ1) is 3.46. The monoisotopic (exact) mass is 156 g/mol. The van der Waals surface area contributed by atoms with E-state index in [0.717, 1.165) is 0 Å². The van der Waals surface area contributed by atoms with Crippen LogP contribution >= 0.6 is 0 Å². The standard InChI is InChI=1S/CH4N2O.O2S2/c2-1(3)4;1-4(2)3/h(H4,2,3,4);. The smallest absolute Gasteiger partial charge is 0.309 e. The average molecular weight is 156 g/mol. The van der Waals surface area contributed by atoms with Gasteiger partial charge in [0.05, 0.1) is 11.2 Å².